The fourth-order valence-electron chi connectivity index (χ4n) is 2.56. The van der Waals surface area contributed by atoms with Gasteiger partial charge < -0.3 is 14.8 Å². The largest absolute Gasteiger partial charge is 0.772 e. The first-order valence-electron chi connectivity index (χ1n) is 8.96. The molecule has 0 saturated heterocycles. The van der Waals surface area contributed by atoms with Gasteiger partial charge >= 0.3 is 0 Å². The van der Waals surface area contributed by atoms with Crippen LogP contribution in [0.3, 0.4) is 0 Å². The lowest BCUT2D eigenvalue weighted by atomic mass is 10.1. The Morgan fingerprint density at radius 1 is 1.09 bits per heavy atom. The predicted octanol–water partition coefficient (Wildman–Crippen LogP) is 2.83. The van der Waals surface area contributed by atoms with Crippen molar-refractivity contribution in [2.45, 2.75) is 76.4 Å². The number of unbranched alkanes of at least 4 members (excludes halogenated alkanes) is 4. The fraction of sp³-hybridized carbons (Fsp3) is 0.941. The standard InChI is InChI=1S/C17H36N2O3S/c1-4-11-16(23(21)22)12-8-6-5-7-9-13-17(20)18-14-10-15-19(2)3/h16H,4-15H2,1-3H3,(H,18,20)(H,21,22)/p-1. The van der Waals surface area contributed by atoms with E-state index in [1.54, 1.807) is 0 Å². The highest BCUT2D eigenvalue weighted by molar-refractivity contribution is 7.79. The quantitative estimate of drug-likeness (QED) is 0.365. The second-order valence-electron chi connectivity index (χ2n) is 6.48. The van der Waals surface area contributed by atoms with Crippen LogP contribution in [0, 0.1) is 0 Å². The molecule has 0 rings (SSSR count). The Balaban J connectivity index is 3.44. The van der Waals surface area contributed by atoms with Crippen LogP contribution in [-0.4, -0.2) is 52.0 Å². The van der Waals surface area contributed by atoms with Crippen molar-refractivity contribution in [3.8, 4) is 0 Å². The summed E-state index contributed by atoms with van der Waals surface area (Å²) in [6.45, 7) is 3.76. The Kier molecular flexibility index (Phi) is 14.8. The van der Waals surface area contributed by atoms with Crippen molar-refractivity contribution in [2.75, 3.05) is 27.2 Å². The van der Waals surface area contributed by atoms with E-state index < -0.39 is 11.1 Å². The number of nitrogens with one attached hydrogen (secondary N) is 1. The van der Waals surface area contributed by atoms with Gasteiger partial charge in [-0.2, -0.15) is 0 Å². The average Bonchev–Trinajstić information content (AvgIpc) is 2.49. The summed E-state index contributed by atoms with van der Waals surface area (Å²) in [4.78, 5) is 13.7. The summed E-state index contributed by atoms with van der Waals surface area (Å²) in [7, 11) is 4.06. The number of hydrogen-bond donors (Lipinski definition) is 1. The van der Waals surface area contributed by atoms with Gasteiger partial charge in [-0.3, -0.25) is 9.00 Å². The summed E-state index contributed by atoms with van der Waals surface area (Å²) in [5.41, 5.74) is 0. The van der Waals surface area contributed by atoms with E-state index >= 15 is 0 Å². The van der Waals surface area contributed by atoms with E-state index in [9.17, 15) is 13.6 Å². The number of carbonyl (C=O) groups is 1. The molecule has 23 heavy (non-hydrogen) atoms. The molecule has 0 aliphatic heterocycles. The van der Waals surface area contributed by atoms with E-state index in [0.717, 1.165) is 70.9 Å². The highest BCUT2D eigenvalue weighted by Crippen LogP contribution is 2.14. The van der Waals surface area contributed by atoms with Crippen molar-refractivity contribution in [3.63, 3.8) is 0 Å². The maximum atomic E-state index is 11.6. The van der Waals surface area contributed by atoms with E-state index in [2.05, 4.69) is 10.2 Å². The molecule has 0 aliphatic carbocycles. The molecule has 1 amide bonds. The molecule has 0 saturated carbocycles. The molecule has 138 valence electrons. The van der Waals surface area contributed by atoms with Crippen molar-refractivity contribution in [1.82, 2.24) is 10.2 Å². The Labute approximate surface area is 144 Å². The molecule has 1 N–H and O–H groups in total. The maximum Gasteiger partial charge on any atom is 0.219 e. The molecular formula is C17H35N2O3S-. The summed E-state index contributed by atoms with van der Waals surface area (Å²) < 4.78 is 22.1. The summed E-state index contributed by atoms with van der Waals surface area (Å²) >= 11 is -1.93. The number of carbonyl (C=O) groups excluding carboxylic acids is 1. The van der Waals surface area contributed by atoms with Crippen LogP contribution in [0.4, 0.5) is 0 Å². The molecule has 0 aromatic carbocycles. The minimum atomic E-state index is -1.93. The summed E-state index contributed by atoms with van der Waals surface area (Å²) in [6, 6.07) is 0. The van der Waals surface area contributed by atoms with Gasteiger partial charge in [-0.1, -0.05) is 50.1 Å². The minimum Gasteiger partial charge on any atom is -0.772 e. The molecule has 0 heterocycles. The van der Waals surface area contributed by atoms with Gasteiger partial charge in [0, 0.05) is 18.2 Å². The molecule has 0 fully saturated rings. The Morgan fingerprint density at radius 2 is 1.74 bits per heavy atom. The lowest BCUT2D eigenvalue weighted by Gasteiger charge is -2.18. The molecule has 0 spiro atoms. The molecule has 0 radical (unpaired) electrons. The lowest BCUT2D eigenvalue weighted by Crippen LogP contribution is -2.26. The Bertz CT molecular complexity index is 325. The van der Waals surface area contributed by atoms with Gasteiger partial charge in [0.2, 0.25) is 5.91 Å². The lowest BCUT2D eigenvalue weighted by molar-refractivity contribution is -0.121. The number of nitrogens with zero attached hydrogens (tertiary/aromatic N) is 1. The summed E-state index contributed by atoms with van der Waals surface area (Å²) in [6.07, 6.45) is 9.12. The van der Waals surface area contributed by atoms with Crippen LogP contribution in [0.5, 0.6) is 0 Å². The first-order chi connectivity index (χ1) is 11.0. The number of amides is 1. The third kappa shape index (κ3) is 14.8. The SMILES string of the molecule is CCCC(CCCCCCCC(=O)NCCCN(C)C)S(=O)[O-]. The van der Waals surface area contributed by atoms with Crippen molar-refractivity contribution < 1.29 is 13.6 Å². The zero-order valence-electron chi connectivity index (χ0n) is 15.1. The molecule has 0 aliphatic rings. The van der Waals surface area contributed by atoms with E-state index in [-0.39, 0.29) is 11.2 Å². The van der Waals surface area contributed by atoms with Gasteiger partial charge in [0.05, 0.1) is 0 Å². The van der Waals surface area contributed by atoms with E-state index in [0.29, 0.717) is 6.42 Å². The monoisotopic (exact) mass is 347 g/mol. The third-order valence-corrected chi connectivity index (χ3v) is 4.93. The van der Waals surface area contributed by atoms with Crippen molar-refractivity contribution in [2.24, 2.45) is 0 Å². The summed E-state index contributed by atoms with van der Waals surface area (Å²) in [5, 5.41) is 2.77. The molecular weight excluding hydrogens is 312 g/mol. The maximum absolute atomic E-state index is 11.6. The second kappa shape index (κ2) is 15.1. The Morgan fingerprint density at radius 3 is 2.35 bits per heavy atom. The third-order valence-electron chi connectivity index (χ3n) is 3.92. The average molecular weight is 348 g/mol. The van der Waals surface area contributed by atoms with Crippen LogP contribution in [0.15, 0.2) is 0 Å². The first-order valence-corrected chi connectivity index (χ1v) is 10.1. The highest BCUT2D eigenvalue weighted by atomic mass is 32.2. The van der Waals surface area contributed by atoms with Crippen LogP contribution in [0.1, 0.15) is 71.1 Å². The highest BCUT2D eigenvalue weighted by Gasteiger charge is 2.07. The van der Waals surface area contributed by atoms with Gasteiger partial charge in [-0.25, -0.2) is 0 Å². The molecule has 0 bridgehead atoms. The summed E-state index contributed by atoms with van der Waals surface area (Å²) in [5.74, 6) is 0.147. The van der Waals surface area contributed by atoms with Crippen molar-refractivity contribution in [1.29, 1.82) is 0 Å². The predicted molar refractivity (Wildman–Crippen MR) is 96.1 cm³/mol. The fourth-order valence-corrected chi connectivity index (χ4v) is 3.35. The van der Waals surface area contributed by atoms with E-state index in [4.69, 9.17) is 0 Å². The topological polar surface area (TPSA) is 72.5 Å². The molecule has 0 aromatic heterocycles. The minimum absolute atomic E-state index is 0.147. The molecule has 2 atom stereocenters. The number of rotatable bonds is 15. The normalized spacial score (nSPS) is 14.0. The van der Waals surface area contributed by atoms with Crippen LogP contribution in [0.2, 0.25) is 0 Å². The van der Waals surface area contributed by atoms with E-state index in [1.807, 2.05) is 21.0 Å². The zero-order chi connectivity index (χ0) is 17.5. The van der Waals surface area contributed by atoms with Gasteiger partial charge in [-0.15, -0.1) is 0 Å². The second-order valence-corrected chi connectivity index (χ2v) is 7.67. The molecule has 5 nitrogen and oxygen atoms in total. The smallest absolute Gasteiger partial charge is 0.219 e. The van der Waals surface area contributed by atoms with Crippen LogP contribution in [-0.2, 0) is 15.9 Å². The van der Waals surface area contributed by atoms with Crippen molar-refractivity contribution >= 4 is 17.0 Å². The van der Waals surface area contributed by atoms with Gasteiger partial charge in [0.25, 0.3) is 0 Å². The van der Waals surface area contributed by atoms with Crippen LogP contribution >= 0.6 is 0 Å². The van der Waals surface area contributed by atoms with Crippen molar-refractivity contribution in [3.05, 3.63) is 0 Å². The molecule has 2 unspecified atom stereocenters. The zero-order valence-corrected chi connectivity index (χ0v) is 16.0. The van der Waals surface area contributed by atoms with E-state index in [1.165, 1.54) is 0 Å². The first kappa shape index (κ1) is 22.5. The van der Waals surface area contributed by atoms with Crippen LogP contribution in [0.25, 0.3) is 0 Å². The van der Waals surface area contributed by atoms with Gasteiger partial charge in [0.15, 0.2) is 0 Å². The number of hydrogen-bond acceptors (Lipinski definition) is 4. The van der Waals surface area contributed by atoms with Gasteiger partial charge in [0.1, 0.15) is 0 Å². The Hall–Kier alpha value is -0.460. The van der Waals surface area contributed by atoms with Crippen LogP contribution < -0.4 is 5.32 Å². The molecule has 0 aromatic rings. The van der Waals surface area contributed by atoms with Gasteiger partial charge in [-0.05, 0) is 46.3 Å². The molecule has 6 heteroatoms.